The van der Waals surface area contributed by atoms with Crippen molar-refractivity contribution >= 4 is 27.7 Å². The predicted octanol–water partition coefficient (Wildman–Crippen LogP) is 4.31. The van der Waals surface area contributed by atoms with Gasteiger partial charge in [-0.1, -0.05) is 30.3 Å². The first-order valence-corrected chi connectivity index (χ1v) is 10.4. The second kappa shape index (κ2) is 8.64. The number of hydrogen-bond donors (Lipinski definition) is 0. The highest BCUT2D eigenvalue weighted by Crippen LogP contribution is 2.19. The van der Waals surface area contributed by atoms with Crippen molar-refractivity contribution in [2.45, 2.75) is 20.4 Å². The van der Waals surface area contributed by atoms with Gasteiger partial charge in [0.15, 0.2) is 5.43 Å². The Labute approximate surface area is 181 Å². The average molecular weight is 415 g/mol. The van der Waals surface area contributed by atoms with E-state index >= 15 is 0 Å². The van der Waals surface area contributed by atoms with Crippen LogP contribution in [0.5, 0.6) is 5.75 Å². The molecule has 0 aliphatic carbocycles. The molecule has 0 fully saturated rings. The third-order valence-corrected chi connectivity index (χ3v) is 5.49. The monoisotopic (exact) mass is 414 g/mol. The Morgan fingerprint density at radius 1 is 0.903 bits per heavy atom. The number of hydrogen-bond acceptors (Lipinski definition) is 3. The largest absolute Gasteiger partial charge is 0.492 e. The number of ether oxygens (including phenoxy) is 1. The fourth-order valence-corrected chi connectivity index (χ4v) is 3.94. The third kappa shape index (κ3) is 4.31. The highest BCUT2D eigenvalue weighted by molar-refractivity contribution is 5.94. The summed E-state index contributed by atoms with van der Waals surface area (Å²) in [6, 6.07) is 21.0. The van der Waals surface area contributed by atoms with Crippen LogP contribution >= 0.6 is 0 Å². The van der Waals surface area contributed by atoms with Crippen molar-refractivity contribution < 1.29 is 9.53 Å². The summed E-state index contributed by atoms with van der Waals surface area (Å²) >= 11 is 0. The van der Waals surface area contributed by atoms with Gasteiger partial charge in [-0.05, 0) is 61.4 Å². The lowest BCUT2D eigenvalue weighted by atomic mass is 10.1. The van der Waals surface area contributed by atoms with Crippen LogP contribution in [-0.2, 0) is 11.3 Å². The number of benzene rings is 3. The van der Waals surface area contributed by atoms with Crippen molar-refractivity contribution in [3.8, 4) is 5.75 Å². The number of pyridine rings is 1. The Morgan fingerprint density at radius 2 is 1.45 bits per heavy atom. The number of nitrogens with zero attached hydrogens (tertiary/aromatic N) is 2. The number of carbonyl (C=O) groups is 1. The zero-order chi connectivity index (χ0) is 22.0. The molecule has 31 heavy (non-hydrogen) atoms. The molecular formula is C26H26N2O3. The highest BCUT2D eigenvalue weighted by atomic mass is 16.5. The third-order valence-electron chi connectivity index (χ3n) is 5.49. The van der Waals surface area contributed by atoms with E-state index in [1.165, 1.54) is 0 Å². The predicted molar refractivity (Wildman–Crippen MR) is 125 cm³/mol. The molecule has 0 saturated carbocycles. The molecule has 1 aromatic heterocycles. The van der Waals surface area contributed by atoms with Crippen LogP contribution in [0.4, 0.5) is 0 Å². The maximum atomic E-state index is 13.0. The Bertz CT molecular complexity index is 1240. The smallest absolute Gasteiger partial charge is 0.242 e. The molecule has 0 aliphatic rings. The van der Waals surface area contributed by atoms with Gasteiger partial charge in [-0.25, -0.2) is 0 Å². The van der Waals surface area contributed by atoms with Crippen molar-refractivity contribution in [2.24, 2.45) is 0 Å². The lowest BCUT2D eigenvalue weighted by molar-refractivity contribution is -0.130. The molecule has 0 aliphatic heterocycles. The highest BCUT2D eigenvalue weighted by Gasteiger charge is 2.15. The average Bonchev–Trinajstić information content (AvgIpc) is 2.75. The molecule has 1 heterocycles. The van der Waals surface area contributed by atoms with E-state index in [0.717, 1.165) is 27.9 Å². The first-order valence-electron chi connectivity index (χ1n) is 10.4. The van der Waals surface area contributed by atoms with Crippen LogP contribution in [-0.4, -0.2) is 35.6 Å². The van der Waals surface area contributed by atoms with Crippen LogP contribution in [0.25, 0.3) is 21.8 Å². The van der Waals surface area contributed by atoms with Crippen molar-refractivity contribution in [3.63, 3.8) is 0 Å². The van der Waals surface area contributed by atoms with Gasteiger partial charge >= 0.3 is 0 Å². The lowest BCUT2D eigenvalue weighted by Gasteiger charge is -2.21. The molecule has 0 radical (unpaired) electrons. The van der Waals surface area contributed by atoms with Gasteiger partial charge in [-0.15, -0.1) is 0 Å². The number of likely N-dealkylation sites (N-methyl/N-ethyl adjacent to an activating group) is 1. The van der Waals surface area contributed by atoms with Crippen molar-refractivity contribution in [2.75, 3.05) is 20.2 Å². The molecule has 4 rings (SSSR count). The van der Waals surface area contributed by atoms with Gasteiger partial charge in [0.2, 0.25) is 5.91 Å². The van der Waals surface area contributed by atoms with Gasteiger partial charge in [0, 0.05) is 17.8 Å². The topological polar surface area (TPSA) is 51.5 Å². The maximum Gasteiger partial charge on any atom is 0.242 e. The van der Waals surface area contributed by atoms with Gasteiger partial charge in [0.25, 0.3) is 0 Å². The van der Waals surface area contributed by atoms with Crippen LogP contribution in [0.3, 0.4) is 0 Å². The minimum Gasteiger partial charge on any atom is -0.492 e. The van der Waals surface area contributed by atoms with Gasteiger partial charge in [0.05, 0.1) is 17.6 Å². The van der Waals surface area contributed by atoms with Gasteiger partial charge in [-0.3, -0.25) is 9.59 Å². The Morgan fingerprint density at radius 3 is 2.03 bits per heavy atom. The summed E-state index contributed by atoms with van der Waals surface area (Å²) in [5, 5.41) is 1.24. The van der Waals surface area contributed by atoms with E-state index in [0.29, 0.717) is 23.9 Å². The first-order chi connectivity index (χ1) is 14.9. The van der Waals surface area contributed by atoms with Crippen LogP contribution in [0.15, 0.2) is 71.5 Å². The van der Waals surface area contributed by atoms with Gasteiger partial charge in [0.1, 0.15) is 18.9 Å². The summed E-state index contributed by atoms with van der Waals surface area (Å²) in [6.07, 6.45) is 0. The van der Waals surface area contributed by atoms with E-state index < -0.39 is 0 Å². The van der Waals surface area contributed by atoms with Crippen molar-refractivity contribution in [1.29, 1.82) is 0 Å². The Hall–Kier alpha value is -3.60. The summed E-state index contributed by atoms with van der Waals surface area (Å²) in [4.78, 5) is 27.5. The van der Waals surface area contributed by atoms with Gasteiger partial charge < -0.3 is 14.2 Å². The fourth-order valence-electron chi connectivity index (χ4n) is 3.94. The SMILES string of the molecule is Cc1cc(C)cc(OCCN(C)C(=O)Cn2c3ccccc3c(=O)c3ccccc32)c1. The Balaban J connectivity index is 1.53. The fraction of sp³-hybridized carbons (Fsp3) is 0.231. The summed E-state index contributed by atoms with van der Waals surface area (Å²) in [7, 11) is 1.78. The molecule has 0 unspecified atom stereocenters. The van der Waals surface area contributed by atoms with E-state index in [1.807, 2.05) is 79.1 Å². The summed E-state index contributed by atoms with van der Waals surface area (Å²) < 4.78 is 7.78. The summed E-state index contributed by atoms with van der Waals surface area (Å²) in [5.41, 5.74) is 3.82. The van der Waals surface area contributed by atoms with E-state index in [1.54, 1.807) is 11.9 Å². The van der Waals surface area contributed by atoms with Crippen molar-refractivity contribution in [3.05, 3.63) is 88.1 Å². The summed E-state index contributed by atoms with van der Waals surface area (Å²) in [6.45, 7) is 5.11. The van der Waals surface area contributed by atoms with Crippen LogP contribution in [0.1, 0.15) is 11.1 Å². The number of rotatable bonds is 6. The van der Waals surface area contributed by atoms with Crippen LogP contribution in [0, 0.1) is 13.8 Å². The first kappa shape index (κ1) is 20.7. The number of aromatic nitrogens is 1. The molecule has 0 atom stereocenters. The molecular weight excluding hydrogens is 388 g/mol. The minimum absolute atomic E-state index is 0.00917. The molecule has 0 spiro atoms. The molecule has 158 valence electrons. The molecule has 1 amide bonds. The molecule has 0 N–H and O–H groups in total. The molecule has 5 nitrogen and oxygen atoms in total. The number of fused-ring (bicyclic) bond motifs is 2. The maximum absolute atomic E-state index is 13.0. The molecule has 5 heteroatoms. The normalized spacial score (nSPS) is 11.1. The molecule has 3 aromatic carbocycles. The number of para-hydroxylation sites is 2. The zero-order valence-electron chi connectivity index (χ0n) is 18.1. The number of amides is 1. The van der Waals surface area contributed by atoms with E-state index in [-0.39, 0.29) is 17.9 Å². The minimum atomic E-state index is -0.0389. The zero-order valence-corrected chi connectivity index (χ0v) is 18.1. The summed E-state index contributed by atoms with van der Waals surface area (Å²) in [5.74, 6) is 0.777. The van der Waals surface area contributed by atoms with Crippen molar-refractivity contribution in [1.82, 2.24) is 9.47 Å². The Kier molecular flexibility index (Phi) is 5.76. The second-order valence-corrected chi connectivity index (χ2v) is 7.94. The quantitative estimate of drug-likeness (QED) is 0.442. The van der Waals surface area contributed by atoms with E-state index in [2.05, 4.69) is 6.07 Å². The lowest BCUT2D eigenvalue weighted by Crippen LogP contribution is -2.34. The standard InChI is InChI=1S/C26H26N2O3/c1-18-14-19(2)16-20(15-18)31-13-12-27(3)25(29)17-28-23-10-6-4-8-21(23)26(30)22-9-5-7-11-24(22)28/h4-11,14-16H,12-13,17H2,1-3H3. The van der Waals surface area contributed by atoms with E-state index in [4.69, 9.17) is 4.74 Å². The molecule has 0 saturated heterocycles. The number of aryl methyl sites for hydroxylation is 2. The van der Waals surface area contributed by atoms with Crippen LogP contribution in [0.2, 0.25) is 0 Å². The van der Waals surface area contributed by atoms with Crippen LogP contribution < -0.4 is 10.2 Å². The van der Waals surface area contributed by atoms with E-state index in [9.17, 15) is 9.59 Å². The van der Waals surface area contributed by atoms with Gasteiger partial charge in [-0.2, -0.15) is 0 Å². The number of carbonyl (C=O) groups excluding carboxylic acids is 1. The molecule has 0 bridgehead atoms. The molecule has 4 aromatic rings. The second-order valence-electron chi connectivity index (χ2n) is 7.94.